The Hall–Kier alpha value is -4.90. The van der Waals surface area contributed by atoms with E-state index in [9.17, 15) is 9.59 Å². The molecule has 0 saturated carbocycles. The molecule has 1 aliphatic heterocycles. The van der Waals surface area contributed by atoms with Gasteiger partial charge in [-0.05, 0) is 54.2 Å². The van der Waals surface area contributed by atoms with Crippen molar-refractivity contribution in [2.24, 2.45) is 7.05 Å². The number of aryl methyl sites for hydroxylation is 1. The summed E-state index contributed by atoms with van der Waals surface area (Å²) in [6, 6.07) is 17.9. The van der Waals surface area contributed by atoms with E-state index in [1.165, 1.54) is 11.1 Å². The minimum Gasteiger partial charge on any atom is -0.368 e. The highest BCUT2D eigenvalue weighted by Crippen LogP contribution is 2.30. The fourth-order valence-corrected chi connectivity index (χ4v) is 5.67. The predicted molar refractivity (Wildman–Crippen MR) is 153 cm³/mol. The number of benzene rings is 2. The Morgan fingerprint density at radius 1 is 1.15 bits per heavy atom. The maximum atomic E-state index is 12.9. The Balaban J connectivity index is 1.22. The average molecular weight is 531 g/mol. The molecule has 0 radical (unpaired) electrons. The second-order valence-electron chi connectivity index (χ2n) is 10.3. The van der Waals surface area contributed by atoms with Gasteiger partial charge in [-0.25, -0.2) is 9.97 Å². The van der Waals surface area contributed by atoms with Crippen LogP contribution in [-0.4, -0.2) is 32.9 Å². The molecule has 0 spiro atoms. The molecule has 8 heteroatoms. The molecule has 2 aliphatic rings. The lowest BCUT2D eigenvalue weighted by atomic mass is 9.87. The number of nitrogens with one attached hydrogen (secondary N) is 2. The molecule has 0 saturated heterocycles. The lowest BCUT2D eigenvalue weighted by Crippen LogP contribution is -2.32. The van der Waals surface area contributed by atoms with Gasteiger partial charge >= 0.3 is 0 Å². The van der Waals surface area contributed by atoms with Gasteiger partial charge < -0.3 is 20.9 Å². The summed E-state index contributed by atoms with van der Waals surface area (Å²) >= 11 is 0. The van der Waals surface area contributed by atoms with E-state index in [-0.39, 0.29) is 30.2 Å². The molecule has 0 bridgehead atoms. The number of hydrogen-bond acceptors (Lipinski definition) is 5. The van der Waals surface area contributed by atoms with Crippen molar-refractivity contribution >= 4 is 17.8 Å². The van der Waals surface area contributed by atoms with Crippen molar-refractivity contribution in [2.75, 3.05) is 12.3 Å². The van der Waals surface area contributed by atoms with E-state index in [0.717, 1.165) is 48.2 Å². The molecule has 2 aromatic carbocycles. The fourth-order valence-electron chi connectivity index (χ4n) is 5.67. The summed E-state index contributed by atoms with van der Waals surface area (Å²) in [7, 11) is 1.92. The lowest BCUT2D eigenvalue weighted by molar-refractivity contribution is -0.121. The van der Waals surface area contributed by atoms with Crippen LogP contribution in [0.15, 0.2) is 60.8 Å². The van der Waals surface area contributed by atoms with E-state index >= 15 is 0 Å². The second-order valence-corrected chi connectivity index (χ2v) is 10.3. The summed E-state index contributed by atoms with van der Waals surface area (Å²) in [4.78, 5) is 34.0. The first-order valence-corrected chi connectivity index (χ1v) is 13.5. The van der Waals surface area contributed by atoms with Crippen molar-refractivity contribution in [3.63, 3.8) is 0 Å². The number of rotatable bonds is 4. The van der Waals surface area contributed by atoms with Crippen molar-refractivity contribution in [1.82, 2.24) is 25.2 Å². The van der Waals surface area contributed by atoms with Gasteiger partial charge in [0, 0.05) is 37.5 Å². The zero-order chi connectivity index (χ0) is 27.6. The van der Waals surface area contributed by atoms with Crippen molar-refractivity contribution in [1.29, 1.82) is 0 Å². The number of nitrogens with two attached hydrogens (primary N) is 1. The van der Waals surface area contributed by atoms with Crippen LogP contribution >= 0.6 is 0 Å². The molecule has 6 rings (SSSR count). The molecule has 8 nitrogen and oxygen atoms in total. The largest absolute Gasteiger partial charge is 0.368 e. The normalized spacial score (nSPS) is 15.7. The first kappa shape index (κ1) is 25.4. The van der Waals surface area contributed by atoms with Gasteiger partial charge in [-0.3, -0.25) is 9.59 Å². The van der Waals surface area contributed by atoms with E-state index in [4.69, 9.17) is 5.73 Å². The average Bonchev–Trinajstić information content (AvgIpc) is 3.30. The SMILES string of the molecule is Cn1c(-c2nc(N)ncc2C#Cc2cccc(CC(=O)N[C@H]3CCCc4ccccc43)c2)cc2c1CCNC2=O. The summed E-state index contributed by atoms with van der Waals surface area (Å²) in [6.07, 6.45) is 5.72. The summed E-state index contributed by atoms with van der Waals surface area (Å²) < 4.78 is 1.98. The Kier molecular flexibility index (Phi) is 6.79. The molecular formula is C32H30N6O2. The molecule has 2 amide bonds. The molecule has 3 heterocycles. The highest BCUT2D eigenvalue weighted by atomic mass is 16.2. The number of carbonyl (C=O) groups excluding carboxylic acids is 2. The number of nitrogens with zero attached hydrogens (tertiary/aromatic N) is 3. The molecule has 40 heavy (non-hydrogen) atoms. The van der Waals surface area contributed by atoms with Crippen LogP contribution in [0.5, 0.6) is 0 Å². The molecule has 4 N–H and O–H groups in total. The third-order valence-electron chi connectivity index (χ3n) is 7.64. The van der Waals surface area contributed by atoms with Crippen molar-refractivity contribution in [3.8, 4) is 23.2 Å². The highest BCUT2D eigenvalue weighted by Gasteiger charge is 2.24. The monoisotopic (exact) mass is 530 g/mol. The third-order valence-corrected chi connectivity index (χ3v) is 7.64. The first-order valence-electron chi connectivity index (χ1n) is 13.5. The molecule has 2 aromatic heterocycles. The number of carbonyl (C=O) groups is 2. The van der Waals surface area contributed by atoms with Gasteiger partial charge in [-0.15, -0.1) is 0 Å². The minimum absolute atomic E-state index is 0.00209. The molecule has 0 unspecified atom stereocenters. The quantitative estimate of drug-likeness (QED) is 0.350. The van der Waals surface area contributed by atoms with Gasteiger partial charge in [-0.1, -0.05) is 48.2 Å². The van der Waals surface area contributed by atoms with Gasteiger partial charge in [-0.2, -0.15) is 0 Å². The molecule has 1 atom stereocenters. The van der Waals surface area contributed by atoms with Crippen LogP contribution in [0.3, 0.4) is 0 Å². The van der Waals surface area contributed by atoms with Crippen molar-refractivity contribution in [2.45, 2.75) is 38.1 Å². The Bertz CT molecular complexity index is 1690. The topological polar surface area (TPSA) is 115 Å². The number of fused-ring (bicyclic) bond motifs is 2. The van der Waals surface area contributed by atoms with Crippen LogP contribution in [0, 0.1) is 11.8 Å². The van der Waals surface area contributed by atoms with Crippen LogP contribution in [0.4, 0.5) is 5.95 Å². The fraction of sp³-hybridized carbons (Fsp3) is 0.250. The van der Waals surface area contributed by atoms with E-state index < -0.39 is 0 Å². The zero-order valence-corrected chi connectivity index (χ0v) is 22.3. The van der Waals surface area contributed by atoms with Gasteiger partial charge in [0.2, 0.25) is 11.9 Å². The molecule has 0 fully saturated rings. The highest BCUT2D eigenvalue weighted by molar-refractivity contribution is 5.98. The Morgan fingerprint density at radius 2 is 2.02 bits per heavy atom. The number of anilines is 1. The van der Waals surface area contributed by atoms with E-state index in [1.807, 2.05) is 48.0 Å². The Morgan fingerprint density at radius 3 is 2.90 bits per heavy atom. The van der Waals surface area contributed by atoms with Crippen molar-refractivity contribution < 1.29 is 9.59 Å². The van der Waals surface area contributed by atoms with E-state index in [2.05, 4.69) is 50.6 Å². The molecule has 1 aliphatic carbocycles. The number of hydrogen-bond donors (Lipinski definition) is 3. The number of aromatic nitrogens is 3. The zero-order valence-electron chi connectivity index (χ0n) is 22.3. The van der Waals surface area contributed by atoms with Crippen LogP contribution < -0.4 is 16.4 Å². The smallest absolute Gasteiger partial charge is 0.253 e. The van der Waals surface area contributed by atoms with Crippen molar-refractivity contribution in [3.05, 3.63) is 99.9 Å². The molecular weight excluding hydrogens is 500 g/mol. The third kappa shape index (κ3) is 5.06. The summed E-state index contributed by atoms with van der Waals surface area (Å²) in [5.74, 6) is 6.43. The van der Waals surface area contributed by atoms with Gasteiger partial charge in [0.05, 0.1) is 29.3 Å². The summed E-state index contributed by atoms with van der Waals surface area (Å²) in [5.41, 5.74) is 13.7. The van der Waals surface area contributed by atoms with Gasteiger partial charge in [0.15, 0.2) is 0 Å². The Labute approximate surface area is 233 Å². The maximum Gasteiger partial charge on any atom is 0.253 e. The van der Waals surface area contributed by atoms with Crippen LogP contribution in [0.2, 0.25) is 0 Å². The van der Waals surface area contributed by atoms with Gasteiger partial charge in [0.1, 0.15) is 5.69 Å². The first-order chi connectivity index (χ1) is 19.5. The summed E-state index contributed by atoms with van der Waals surface area (Å²) in [6.45, 7) is 0.601. The predicted octanol–water partition coefficient (Wildman–Crippen LogP) is 3.49. The summed E-state index contributed by atoms with van der Waals surface area (Å²) in [5, 5.41) is 6.11. The lowest BCUT2D eigenvalue weighted by Gasteiger charge is -2.26. The standard InChI is InChI=1S/C32H30N6O2/c1-38-27-14-15-34-31(40)25(27)18-28(38)30-23(19-35-32(33)37-30)13-12-20-6-4-7-21(16-20)17-29(39)36-26-11-5-9-22-8-2-3-10-24(22)26/h2-4,6-8,10,16,18-19,26H,5,9,11,14-15,17H2,1H3,(H,34,40)(H,36,39)(H2,33,35,37)/t26-/m0/s1. The van der Waals surface area contributed by atoms with E-state index in [1.54, 1.807) is 6.20 Å². The number of amides is 2. The molecule has 200 valence electrons. The van der Waals surface area contributed by atoms with Crippen LogP contribution in [0.1, 0.15) is 62.8 Å². The second kappa shape index (κ2) is 10.7. The van der Waals surface area contributed by atoms with Crippen LogP contribution in [-0.2, 0) is 31.1 Å². The maximum absolute atomic E-state index is 12.9. The van der Waals surface area contributed by atoms with E-state index in [0.29, 0.717) is 23.4 Å². The molecule has 4 aromatic rings. The minimum atomic E-state index is -0.0914. The number of nitrogen functional groups attached to an aromatic ring is 1. The van der Waals surface area contributed by atoms with Gasteiger partial charge in [0.25, 0.3) is 5.91 Å². The van der Waals surface area contributed by atoms with Crippen LogP contribution in [0.25, 0.3) is 11.4 Å².